The summed E-state index contributed by atoms with van der Waals surface area (Å²) in [5.41, 5.74) is 0.00667. The van der Waals surface area contributed by atoms with Gasteiger partial charge in [-0.2, -0.15) is 0 Å². The van der Waals surface area contributed by atoms with Gasteiger partial charge >= 0.3 is 5.97 Å². The summed E-state index contributed by atoms with van der Waals surface area (Å²) in [6.07, 6.45) is 1.45. The van der Waals surface area contributed by atoms with Gasteiger partial charge in [0, 0.05) is 18.3 Å². The zero-order valence-corrected chi connectivity index (χ0v) is 10.4. The Labute approximate surface area is 109 Å². The van der Waals surface area contributed by atoms with Crippen LogP contribution >= 0.6 is 11.6 Å². The van der Waals surface area contributed by atoms with E-state index in [2.05, 4.69) is 4.98 Å². The maximum Gasteiger partial charge on any atom is 0.356 e. The lowest BCUT2D eigenvalue weighted by Gasteiger charge is -2.05. The Morgan fingerprint density at radius 1 is 1.44 bits per heavy atom. The number of aromatic carboxylic acids is 1. The molecule has 0 aliphatic carbocycles. The van der Waals surface area contributed by atoms with Crippen molar-refractivity contribution in [3.05, 3.63) is 47.0 Å². The maximum atomic E-state index is 10.7. The molecule has 0 saturated carbocycles. The molecule has 1 N–H and O–H groups in total. The van der Waals surface area contributed by atoms with Crippen LogP contribution in [0.25, 0.3) is 0 Å². The Hall–Kier alpha value is -2.01. The molecule has 94 valence electrons. The van der Waals surface area contributed by atoms with Crippen LogP contribution in [0.2, 0.25) is 5.02 Å². The third-order valence-electron chi connectivity index (χ3n) is 2.37. The second kappa shape index (κ2) is 5.10. The SMILES string of the molecule is Cn1cc(C(=O)O)nc1COc1ccc(Cl)cc1. The number of nitrogens with zero attached hydrogens (tertiary/aromatic N) is 2. The van der Waals surface area contributed by atoms with E-state index in [1.807, 2.05) is 0 Å². The lowest BCUT2D eigenvalue weighted by molar-refractivity contribution is 0.0690. The Morgan fingerprint density at radius 3 is 2.67 bits per heavy atom. The molecule has 0 spiro atoms. The molecule has 0 unspecified atom stereocenters. The van der Waals surface area contributed by atoms with E-state index in [-0.39, 0.29) is 12.3 Å². The zero-order chi connectivity index (χ0) is 13.1. The molecule has 0 aliphatic heterocycles. The molecule has 18 heavy (non-hydrogen) atoms. The van der Waals surface area contributed by atoms with Crippen LogP contribution in [0.1, 0.15) is 16.3 Å². The molecule has 0 atom stereocenters. The van der Waals surface area contributed by atoms with Gasteiger partial charge in [0.1, 0.15) is 18.2 Å². The Bertz CT molecular complexity index is 563. The second-order valence-corrected chi connectivity index (χ2v) is 4.14. The van der Waals surface area contributed by atoms with Gasteiger partial charge in [0.25, 0.3) is 0 Å². The minimum Gasteiger partial charge on any atom is -0.486 e. The predicted molar refractivity (Wildman–Crippen MR) is 66.0 cm³/mol. The largest absolute Gasteiger partial charge is 0.486 e. The molecule has 0 amide bonds. The molecule has 0 radical (unpaired) electrons. The summed E-state index contributed by atoms with van der Waals surface area (Å²) in [6.45, 7) is 0.200. The van der Waals surface area contributed by atoms with E-state index in [0.717, 1.165) is 0 Å². The van der Waals surface area contributed by atoms with Crippen molar-refractivity contribution < 1.29 is 14.6 Å². The lowest BCUT2D eigenvalue weighted by Crippen LogP contribution is -2.03. The minimum atomic E-state index is -1.05. The smallest absolute Gasteiger partial charge is 0.356 e. The number of carboxylic acid groups (broad SMARTS) is 1. The van der Waals surface area contributed by atoms with Crippen LogP contribution in [0.5, 0.6) is 5.75 Å². The topological polar surface area (TPSA) is 64.4 Å². The van der Waals surface area contributed by atoms with E-state index in [1.165, 1.54) is 6.20 Å². The third kappa shape index (κ3) is 2.81. The van der Waals surface area contributed by atoms with Gasteiger partial charge in [-0.3, -0.25) is 0 Å². The normalized spacial score (nSPS) is 10.3. The number of carbonyl (C=O) groups is 1. The standard InChI is InChI=1S/C12H11ClN2O3/c1-15-6-10(12(16)17)14-11(15)7-18-9-4-2-8(13)3-5-9/h2-6H,7H2,1H3,(H,16,17). The summed E-state index contributed by atoms with van der Waals surface area (Å²) in [5, 5.41) is 9.44. The minimum absolute atomic E-state index is 0.00667. The molecular weight excluding hydrogens is 256 g/mol. The van der Waals surface area contributed by atoms with E-state index in [9.17, 15) is 4.79 Å². The molecule has 2 rings (SSSR count). The quantitative estimate of drug-likeness (QED) is 0.923. The highest BCUT2D eigenvalue weighted by atomic mass is 35.5. The fourth-order valence-corrected chi connectivity index (χ4v) is 1.55. The molecule has 1 aromatic carbocycles. The predicted octanol–water partition coefficient (Wildman–Crippen LogP) is 2.35. The molecule has 1 aromatic heterocycles. The number of rotatable bonds is 4. The molecule has 0 saturated heterocycles. The van der Waals surface area contributed by atoms with Crippen LogP contribution in [0.15, 0.2) is 30.5 Å². The Morgan fingerprint density at radius 2 is 2.11 bits per heavy atom. The van der Waals surface area contributed by atoms with Crippen molar-refractivity contribution in [2.75, 3.05) is 0 Å². The number of hydrogen-bond donors (Lipinski definition) is 1. The summed E-state index contributed by atoms with van der Waals surface area (Å²) in [7, 11) is 1.72. The van der Waals surface area contributed by atoms with Gasteiger partial charge in [-0.05, 0) is 24.3 Å². The summed E-state index contributed by atoms with van der Waals surface area (Å²) < 4.78 is 7.11. The fraction of sp³-hybridized carbons (Fsp3) is 0.167. The first kappa shape index (κ1) is 12.4. The average molecular weight is 267 g/mol. The van der Waals surface area contributed by atoms with Gasteiger partial charge < -0.3 is 14.4 Å². The van der Waals surface area contributed by atoms with Crippen molar-refractivity contribution >= 4 is 17.6 Å². The Balaban J connectivity index is 2.06. The molecule has 6 heteroatoms. The lowest BCUT2D eigenvalue weighted by atomic mass is 10.3. The van der Waals surface area contributed by atoms with E-state index in [4.69, 9.17) is 21.4 Å². The molecular formula is C12H11ClN2O3. The van der Waals surface area contributed by atoms with Gasteiger partial charge in [-0.15, -0.1) is 0 Å². The van der Waals surface area contributed by atoms with E-state index >= 15 is 0 Å². The van der Waals surface area contributed by atoms with Crippen LogP contribution in [-0.4, -0.2) is 20.6 Å². The van der Waals surface area contributed by atoms with Crippen molar-refractivity contribution in [3.63, 3.8) is 0 Å². The maximum absolute atomic E-state index is 10.7. The molecule has 5 nitrogen and oxygen atoms in total. The second-order valence-electron chi connectivity index (χ2n) is 3.70. The van der Waals surface area contributed by atoms with Gasteiger partial charge in [-0.1, -0.05) is 11.6 Å². The highest BCUT2D eigenvalue weighted by Gasteiger charge is 2.11. The molecule has 2 aromatic rings. The first-order chi connectivity index (χ1) is 8.56. The fourth-order valence-electron chi connectivity index (χ4n) is 1.42. The number of aromatic nitrogens is 2. The number of ether oxygens (including phenoxy) is 1. The van der Waals surface area contributed by atoms with Crippen molar-refractivity contribution in [1.29, 1.82) is 0 Å². The summed E-state index contributed by atoms with van der Waals surface area (Å²) >= 11 is 5.75. The van der Waals surface area contributed by atoms with Crippen LogP contribution in [0.3, 0.4) is 0 Å². The number of benzene rings is 1. The molecule has 0 bridgehead atoms. The van der Waals surface area contributed by atoms with Gasteiger partial charge in [0.2, 0.25) is 0 Å². The first-order valence-electron chi connectivity index (χ1n) is 5.20. The number of aryl methyl sites for hydroxylation is 1. The van der Waals surface area contributed by atoms with Crippen LogP contribution in [-0.2, 0) is 13.7 Å². The van der Waals surface area contributed by atoms with E-state index in [1.54, 1.807) is 35.9 Å². The van der Waals surface area contributed by atoms with Gasteiger partial charge in [0.05, 0.1) is 0 Å². The number of imidazole rings is 1. The Kier molecular flexibility index (Phi) is 3.53. The van der Waals surface area contributed by atoms with E-state index < -0.39 is 5.97 Å². The van der Waals surface area contributed by atoms with Crippen molar-refractivity contribution in [2.24, 2.45) is 7.05 Å². The number of hydrogen-bond acceptors (Lipinski definition) is 3. The highest BCUT2D eigenvalue weighted by molar-refractivity contribution is 6.30. The molecule has 0 aliphatic rings. The van der Waals surface area contributed by atoms with Crippen molar-refractivity contribution in [1.82, 2.24) is 9.55 Å². The average Bonchev–Trinajstić information content (AvgIpc) is 2.70. The highest BCUT2D eigenvalue weighted by Crippen LogP contribution is 2.16. The van der Waals surface area contributed by atoms with Crippen LogP contribution < -0.4 is 4.74 Å². The monoisotopic (exact) mass is 266 g/mol. The van der Waals surface area contributed by atoms with Crippen LogP contribution in [0.4, 0.5) is 0 Å². The van der Waals surface area contributed by atoms with E-state index in [0.29, 0.717) is 16.6 Å². The molecule has 1 heterocycles. The molecule has 0 fully saturated rings. The van der Waals surface area contributed by atoms with Gasteiger partial charge in [0.15, 0.2) is 5.69 Å². The third-order valence-corrected chi connectivity index (χ3v) is 2.63. The first-order valence-corrected chi connectivity index (χ1v) is 5.58. The van der Waals surface area contributed by atoms with Crippen LogP contribution in [0, 0.1) is 0 Å². The summed E-state index contributed by atoms with van der Waals surface area (Å²) in [5.74, 6) is 0.143. The summed E-state index contributed by atoms with van der Waals surface area (Å²) in [6, 6.07) is 6.92. The van der Waals surface area contributed by atoms with Gasteiger partial charge in [-0.25, -0.2) is 9.78 Å². The zero-order valence-electron chi connectivity index (χ0n) is 9.63. The van der Waals surface area contributed by atoms with Crippen molar-refractivity contribution in [3.8, 4) is 5.75 Å². The van der Waals surface area contributed by atoms with Crippen molar-refractivity contribution in [2.45, 2.75) is 6.61 Å². The number of carboxylic acids is 1. The summed E-state index contributed by atoms with van der Waals surface area (Å²) in [4.78, 5) is 14.7. The number of halogens is 1.